The molecule has 5 nitrogen and oxygen atoms in total. The van der Waals surface area contributed by atoms with Crippen LogP contribution >= 0.6 is 11.9 Å². The van der Waals surface area contributed by atoms with Crippen LogP contribution in [0.25, 0.3) is 0 Å². The highest BCUT2D eigenvalue weighted by Gasteiger charge is 2.12. The number of amides is 2. The van der Waals surface area contributed by atoms with Crippen LogP contribution in [-0.4, -0.2) is 60.4 Å². The number of hydrogen-bond acceptors (Lipinski definition) is 4. The molecular weight excluding hydrogens is 212 g/mol. The van der Waals surface area contributed by atoms with Crippen molar-refractivity contribution in [1.82, 2.24) is 19.6 Å². The van der Waals surface area contributed by atoms with Crippen molar-refractivity contribution >= 4 is 18.0 Å². The van der Waals surface area contributed by atoms with Gasteiger partial charge in [-0.1, -0.05) is 11.9 Å². The Balaban J connectivity index is 4.01. The van der Waals surface area contributed by atoms with Crippen LogP contribution in [-0.2, 0) is 0 Å². The highest BCUT2D eigenvalue weighted by Crippen LogP contribution is 2.09. The Labute approximate surface area is 96.9 Å². The smallest absolute Gasteiger partial charge is 0.330 e. The third kappa shape index (κ3) is 5.86. The summed E-state index contributed by atoms with van der Waals surface area (Å²) >= 11 is 1.67. The molecule has 0 aromatic heterocycles. The lowest BCUT2D eigenvalue weighted by Gasteiger charge is -2.29. The zero-order chi connectivity index (χ0) is 12.0. The molecule has 2 amide bonds. The predicted octanol–water partition coefficient (Wildman–Crippen LogP) is 1.05. The van der Waals surface area contributed by atoms with Gasteiger partial charge in [0.05, 0.1) is 6.67 Å². The molecule has 0 bridgehead atoms. The molecule has 0 spiro atoms. The molecule has 6 heteroatoms. The summed E-state index contributed by atoms with van der Waals surface area (Å²) in [4.78, 5) is 12.8. The second kappa shape index (κ2) is 6.92. The van der Waals surface area contributed by atoms with E-state index < -0.39 is 0 Å². The quantitative estimate of drug-likeness (QED) is 0.438. The van der Waals surface area contributed by atoms with Gasteiger partial charge in [-0.2, -0.15) is 0 Å². The number of nitrogens with one attached hydrogen (secondary N) is 1. The van der Waals surface area contributed by atoms with Gasteiger partial charge >= 0.3 is 6.03 Å². The van der Waals surface area contributed by atoms with E-state index >= 15 is 0 Å². The largest absolute Gasteiger partial charge is 0.331 e. The maximum atomic E-state index is 11.3. The zero-order valence-corrected chi connectivity index (χ0v) is 11.3. The van der Waals surface area contributed by atoms with Gasteiger partial charge in [0.25, 0.3) is 0 Å². The second-order valence-electron chi connectivity index (χ2n) is 3.84. The maximum Gasteiger partial charge on any atom is 0.331 e. The van der Waals surface area contributed by atoms with Gasteiger partial charge in [0.15, 0.2) is 0 Å². The van der Waals surface area contributed by atoms with Gasteiger partial charge in [0.1, 0.15) is 0 Å². The number of carbonyl (C=O) groups is 1. The summed E-state index contributed by atoms with van der Waals surface area (Å²) in [5.74, 6) is 0. The summed E-state index contributed by atoms with van der Waals surface area (Å²) in [5.41, 5.74) is 2.76. The molecule has 0 rings (SSSR count). The van der Waals surface area contributed by atoms with E-state index in [1.54, 1.807) is 31.1 Å². The molecule has 0 atom stereocenters. The fourth-order valence-electron chi connectivity index (χ4n) is 0.940. The summed E-state index contributed by atoms with van der Waals surface area (Å²) in [6, 6.07) is 0.334. The van der Waals surface area contributed by atoms with Crippen LogP contribution < -0.4 is 5.43 Å². The maximum absolute atomic E-state index is 11.3. The minimum absolute atomic E-state index is 0.109. The van der Waals surface area contributed by atoms with E-state index in [4.69, 9.17) is 0 Å². The first-order chi connectivity index (χ1) is 6.88. The third-order valence-corrected chi connectivity index (χ3v) is 2.86. The number of rotatable bonds is 5. The van der Waals surface area contributed by atoms with Crippen LogP contribution in [0, 0.1) is 0 Å². The highest BCUT2D eigenvalue weighted by atomic mass is 32.2. The van der Waals surface area contributed by atoms with E-state index in [-0.39, 0.29) is 6.03 Å². The van der Waals surface area contributed by atoms with Crippen LogP contribution in [0.4, 0.5) is 4.79 Å². The van der Waals surface area contributed by atoms with E-state index in [0.29, 0.717) is 12.7 Å². The van der Waals surface area contributed by atoms with Crippen molar-refractivity contribution in [1.29, 1.82) is 0 Å². The molecule has 0 saturated heterocycles. The third-order valence-electron chi connectivity index (χ3n) is 1.85. The molecule has 1 N–H and O–H groups in total. The van der Waals surface area contributed by atoms with Gasteiger partial charge in [-0.15, -0.1) is 0 Å². The van der Waals surface area contributed by atoms with Gasteiger partial charge in [-0.05, 0) is 20.1 Å². The average Bonchev–Trinajstić information content (AvgIpc) is 2.13. The minimum atomic E-state index is -0.109. The average molecular weight is 234 g/mol. The molecule has 15 heavy (non-hydrogen) atoms. The van der Waals surface area contributed by atoms with E-state index in [0.717, 1.165) is 0 Å². The summed E-state index contributed by atoms with van der Waals surface area (Å²) in [7, 11) is 5.29. The molecule has 0 saturated carbocycles. The van der Waals surface area contributed by atoms with Crippen molar-refractivity contribution in [3.63, 3.8) is 0 Å². The number of hydrazine groups is 1. The van der Waals surface area contributed by atoms with E-state index in [1.165, 1.54) is 4.90 Å². The second-order valence-corrected chi connectivity index (χ2v) is 4.68. The molecule has 0 aliphatic carbocycles. The fourth-order valence-corrected chi connectivity index (χ4v) is 1.65. The van der Waals surface area contributed by atoms with E-state index in [9.17, 15) is 4.79 Å². The van der Waals surface area contributed by atoms with Crippen molar-refractivity contribution in [2.75, 3.05) is 34.1 Å². The Morgan fingerprint density at radius 1 is 1.33 bits per heavy atom. The molecule has 0 aromatic rings. The lowest BCUT2D eigenvalue weighted by molar-refractivity contribution is 0.144. The summed E-state index contributed by atoms with van der Waals surface area (Å²) in [6.07, 6.45) is 2.03. The molecular formula is C9H22N4OS. The number of carbonyl (C=O) groups excluding carboxylic acids is 1. The van der Waals surface area contributed by atoms with Crippen molar-refractivity contribution < 1.29 is 4.79 Å². The molecule has 0 unspecified atom stereocenters. The van der Waals surface area contributed by atoms with Crippen LogP contribution in [0.3, 0.4) is 0 Å². The molecule has 0 heterocycles. The number of urea groups is 1. The molecule has 0 radical (unpaired) electrons. The Hall–Kier alpha value is -0.460. The monoisotopic (exact) mass is 234 g/mol. The lowest BCUT2D eigenvalue weighted by atomic mass is 10.4. The first-order valence-corrected chi connectivity index (χ1v) is 6.06. The molecule has 0 fully saturated rings. The Morgan fingerprint density at radius 2 is 1.87 bits per heavy atom. The predicted molar refractivity (Wildman–Crippen MR) is 65.3 cm³/mol. The van der Waals surface area contributed by atoms with Crippen LogP contribution in [0.2, 0.25) is 0 Å². The number of nitrogens with zero attached hydrogens (tertiary/aromatic N) is 3. The topological polar surface area (TPSA) is 38.8 Å². The summed E-state index contributed by atoms with van der Waals surface area (Å²) in [6.45, 7) is 4.94. The first-order valence-electron chi connectivity index (χ1n) is 4.88. The first kappa shape index (κ1) is 14.5. The van der Waals surface area contributed by atoms with E-state index in [2.05, 4.69) is 23.6 Å². The zero-order valence-electron chi connectivity index (χ0n) is 10.4. The lowest BCUT2D eigenvalue weighted by Crippen LogP contribution is -2.48. The molecule has 0 aromatic carbocycles. The normalized spacial score (nSPS) is 11.3. The number of hydrogen-bond donors (Lipinski definition) is 1. The minimum Gasteiger partial charge on any atom is -0.330 e. The van der Waals surface area contributed by atoms with Crippen LogP contribution in [0.1, 0.15) is 13.8 Å². The van der Waals surface area contributed by atoms with Gasteiger partial charge < -0.3 is 4.90 Å². The fraction of sp³-hybridized carbons (Fsp3) is 0.889. The van der Waals surface area contributed by atoms with Crippen molar-refractivity contribution in [3.05, 3.63) is 0 Å². The summed E-state index contributed by atoms with van der Waals surface area (Å²) < 4.78 is 2.18. The standard InChI is InChI=1S/C9H22N4OS/c1-8(2)13(15-6)7-12(5)10-9(14)11(3)4/h8H,7H2,1-6H3,(H,10,14). The molecule has 0 aliphatic heterocycles. The van der Waals surface area contributed by atoms with Crippen molar-refractivity contribution in [2.24, 2.45) is 0 Å². The highest BCUT2D eigenvalue weighted by molar-refractivity contribution is 7.96. The summed E-state index contributed by atoms with van der Waals surface area (Å²) in [5, 5.41) is 1.78. The molecule has 90 valence electrons. The Kier molecular flexibility index (Phi) is 6.71. The van der Waals surface area contributed by atoms with Gasteiger partial charge in [-0.3, -0.25) is 5.43 Å². The van der Waals surface area contributed by atoms with Crippen molar-refractivity contribution in [3.8, 4) is 0 Å². The van der Waals surface area contributed by atoms with Gasteiger partial charge in [0, 0.05) is 27.2 Å². The Bertz CT molecular complexity index is 199. The van der Waals surface area contributed by atoms with Gasteiger partial charge in [0.2, 0.25) is 0 Å². The SMILES string of the molecule is CSN(CN(C)NC(=O)N(C)C)C(C)C. The van der Waals surface area contributed by atoms with E-state index in [1.807, 2.05) is 13.3 Å². The van der Waals surface area contributed by atoms with Crippen LogP contribution in [0.5, 0.6) is 0 Å². The van der Waals surface area contributed by atoms with Crippen LogP contribution in [0.15, 0.2) is 0 Å². The Morgan fingerprint density at radius 3 is 2.20 bits per heavy atom. The van der Waals surface area contributed by atoms with Crippen molar-refractivity contribution in [2.45, 2.75) is 19.9 Å². The molecule has 0 aliphatic rings. The van der Waals surface area contributed by atoms with Gasteiger partial charge in [-0.25, -0.2) is 14.1 Å².